The Labute approximate surface area is 154 Å². The van der Waals surface area contributed by atoms with Gasteiger partial charge in [0.2, 0.25) is 0 Å². The zero-order valence-electron chi connectivity index (χ0n) is 14.7. The highest BCUT2D eigenvalue weighted by molar-refractivity contribution is 5.58. The SMILES string of the molecule is COc1ccc(C#Cc2ccccc2)c(C#Cc2ccccc2OC)c1. The Morgan fingerprint density at radius 2 is 1.27 bits per heavy atom. The summed E-state index contributed by atoms with van der Waals surface area (Å²) in [6.45, 7) is 0. The lowest BCUT2D eigenvalue weighted by Crippen LogP contribution is -1.90. The lowest BCUT2D eigenvalue weighted by molar-refractivity contribution is 0.413. The first kappa shape index (κ1) is 17.2. The van der Waals surface area contributed by atoms with Crippen LogP contribution in [0.25, 0.3) is 0 Å². The molecule has 2 heteroatoms. The van der Waals surface area contributed by atoms with Crippen LogP contribution in [0.4, 0.5) is 0 Å². The Morgan fingerprint density at radius 3 is 2.04 bits per heavy atom. The van der Waals surface area contributed by atoms with Crippen LogP contribution in [-0.4, -0.2) is 14.2 Å². The van der Waals surface area contributed by atoms with E-state index in [0.717, 1.165) is 33.8 Å². The van der Waals surface area contributed by atoms with Gasteiger partial charge in [-0.15, -0.1) is 0 Å². The maximum Gasteiger partial charge on any atom is 0.134 e. The van der Waals surface area contributed by atoms with Gasteiger partial charge in [0.1, 0.15) is 11.5 Å². The molecule has 26 heavy (non-hydrogen) atoms. The smallest absolute Gasteiger partial charge is 0.134 e. The van der Waals surface area contributed by atoms with Gasteiger partial charge in [-0.2, -0.15) is 0 Å². The van der Waals surface area contributed by atoms with Crippen LogP contribution in [0.2, 0.25) is 0 Å². The number of benzene rings is 3. The molecule has 0 N–H and O–H groups in total. The standard InChI is InChI=1S/C24H18O2/c1-25-23-17-16-20(13-12-19-8-4-3-5-9-19)22(18-23)15-14-21-10-6-7-11-24(21)26-2/h3-11,16-18H,1-2H3. The predicted octanol–water partition coefficient (Wildman–Crippen LogP) is 4.50. The lowest BCUT2D eigenvalue weighted by atomic mass is 10.1. The summed E-state index contributed by atoms with van der Waals surface area (Å²) in [5, 5.41) is 0. The van der Waals surface area contributed by atoms with E-state index in [0.29, 0.717) is 0 Å². The van der Waals surface area contributed by atoms with Crippen LogP contribution < -0.4 is 9.47 Å². The highest BCUT2D eigenvalue weighted by atomic mass is 16.5. The van der Waals surface area contributed by atoms with Gasteiger partial charge in [-0.3, -0.25) is 0 Å². The second kappa shape index (κ2) is 8.47. The molecule has 0 aliphatic heterocycles. The van der Waals surface area contributed by atoms with Gasteiger partial charge in [0.05, 0.1) is 19.8 Å². The van der Waals surface area contributed by atoms with Gasteiger partial charge in [-0.1, -0.05) is 54.0 Å². The van der Waals surface area contributed by atoms with Crippen LogP contribution in [-0.2, 0) is 0 Å². The summed E-state index contributed by atoms with van der Waals surface area (Å²) in [5.41, 5.74) is 3.47. The quantitative estimate of drug-likeness (QED) is 0.640. The molecule has 0 aliphatic rings. The maximum absolute atomic E-state index is 5.36. The van der Waals surface area contributed by atoms with E-state index in [-0.39, 0.29) is 0 Å². The molecular formula is C24H18O2. The number of ether oxygens (including phenoxy) is 2. The Morgan fingerprint density at radius 1 is 0.577 bits per heavy atom. The highest BCUT2D eigenvalue weighted by Crippen LogP contribution is 2.19. The molecule has 0 saturated heterocycles. The zero-order valence-corrected chi connectivity index (χ0v) is 14.7. The Kier molecular flexibility index (Phi) is 5.61. The molecule has 0 heterocycles. The first-order valence-electron chi connectivity index (χ1n) is 8.20. The van der Waals surface area contributed by atoms with E-state index in [1.54, 1.807) is 14.2 Å². The van der Waals surface area contributed by atoms with Gasteiger partial charge >= 0.3 is 0 Å². The van der Waals surface area contributed by atoms with Crippen molar-refractivity contribution >= 4 is 0 Å². The molecule has 3 rings (SSSR count). The summed E-state index contributed by atoms with van der Waals surface area (Å²) in [4.78, 5) is 0. The summed E-state index contributed by atoms with van der Waals surface area (Å²) < 4.78 is 10.7. The van der Waals surface area contributed by atoms with Gasteiger partial charge in [0, 0.05) is 16.7 Å². The van der Waals surface area contributed by atoms with E-state index in [9.17, 15) is 0 Å². The van der Waals surface area contributed by atoms with Crippen molar-refractivity contribution in [1.29, 1.82) is 0 Å². The number of hydrogen-bond donors (Lipinski definition) is 0. The van der Waals surface area contributed by atoms with E-state index >= 15 is 0 Å². The molecule has 0 radical (unpaired) electrons. The minimum Gasteiger partial charge on any atom is -0.497 e. The second-order valence-electron chi connectivity index (χ2n) is 5.48. The van der Waals surface area contributed by atoms with E-state index in [1.807, 2.05) is 72.8 Å². The minimum atomic E-state index is 0.750. The Hall–Kier alpha value is -3.62. The van der Waals surface area contributed by atoms with Crippen molar-refractivity contribution in [2.24, 2.45) is 0 Å². The monoisotopic (exact) mass is 338 g/mol. The third-order valence-corrected chi connectivity index (χ3v) is 3.78. The van der Waals surface area contributed by atoms with Crippen LogP contribution in [0.5, 0.6) is 11.5 Å². The fourth-order valence-corrected chi connectivity index (χ4v) is 2.41. The fraction of sp³-hybridized carbons (Fsp3) is 0.0833. The lowest BCUT2D eigenvalue weighted by Gasteiger charge is -2.03. The van der Waals surface area contributed by atoms with Crippen molar-refractivity contribution in [3.63, 3.8) is 0 Å². The second-order valence-corrected chi connectivity index (χ2v) is 5.48. The zero-order chi connectivity index (χ0) is 18.2. The molecule has 0 saturated carbocycles. The number of hydrogen-bond acceptors (Lipinski definition) is 2. The Bertz CT molecular complexity index is 1010. The molecular weight excluding hydrogens is 320 g/mol. The van der Waals surface area contributed by atoms with Gasteiger partial charge in [-0.05, 0) is 42.5 Å². The predicted molar refractivity (Wildman–Crippen MR) is 104 cm³/mol. The van der Waals surface area contributed by atoms with Crippen LogP contribution in [0.3, 0.4) is 0 Å². The van der Waals surface area contributed by atoms with Gasteiger partial charge in [-0.25, -0.2) is 0 Å². The molecule has 126 valence electrons. The van der Waals surface area contributed by atoms with Gasteiger partial charge < -0.3 is 9.47 Å². The summed E-state index contributed by atoms with van der Waals surface area (Å²) in [6, 6.07) is 23.3. The molecule has 3 aromatic rings. The van der Waals surface area contributed by atoms with E-state index in [2.05, 4.69) is 23.7 Å². The molecule has 0 aromatic heterocycles. The number of para-hydroxylation sites is 1. The largest absolute Gasteiger partial charge is 0.497 e. The molecule has 0 spiro atoms. The average molecular weight is 338 g/mol. The number of methoxy groups -OCH3 is 2. The minimum absolute atomic E-state index is 0.750. The third kappa shape index (κ3) is 4.26. The van der Waals surface area contributed by atoms with Crippen molar-refractivity contribution in [3.05, 3.63) is 95.1 Å². The number of rotatable bonds is 2. The first-order chi connectivity index (χ1) is 12.8. The van der Waals surface area contributed by atoms with Crippen LogP contribution >= 0.6 is 0 Å². The van der Waals surface area contributed by atoms with Crippen molar-refractivity contribution < 1.29 is 9.47 Å². The summed E-state index contributed by atoms with van der Waals surface area (Å²) in [7, 11) is 3.28. The molecule has 0 bridgehead atoms. The molecule has 0 amide bonds. The average Bonchev–Trinajstić information content (AvgIpc) is 2.72. The molecule has 2 nitrogen and oxygen atoms in total. The highest BCUT2D eigenvalue weighted by Gasteiger charge is 2.02. The summed E-state index contributed by atoms with van der Waals surface area (Å²) in [6.07, 6.45) is 0. The normalized spacial score (nSPS) is 9.31. The van der Waals surface area contributed by atoms with Crippen molar-refractivity contribution in [3.8, 4) is 35.2 Å². The molecule has 0 fully saturated rings. The van der Waals surface area contributed by atoms with Crippen LogP contribution in [0, 0.1) is 23.7 Å². The van der Waals surface area contributed by atoms with Crippen molar-refractivity contribution in [1.82, 2.24) is 0 Å². The van der Waals surface area contributed by atoms with E-state index in [1.165, 1.54) is 0 Å². The third-order valence-electron chi connectivity index (χ3n) is 3.78. The van der Waals surface area contributed by atoms with E-state index < -0.39 is 0 Å². The molecule has 0 unspecified atom stereocenters. The molecule has 3 aromatic carbocycles. The summed E-state index contributed by atoms with van der Waals surface area (Å²) >= 11 is 0. The fourth-order valence-electron chi connectivity index (χ4n) is 2.41. The van der Waals surface area contributed by atoms with Gasteiger partial charge in [0.15, 0.2) is 0 Å². The molecule has 0 atom stereocenters. The maximum atomic E-state index is 5.36. The van der Waals surface area contributed by atoms with E-state index in [4.69, 9.17) is 9.47 Å². The van der Waals surface area contributed by atoms with Gasteiger partial charge in [0.25, 0.3) is 0 Å². The van der Waals surface area contributed by atoms with Crippen molar-refractivity contribution in [2.45, 2.75) is 0 Å². The Balaban J connectivity index is 2.01. The van der Waals surface area contributed by atoms with Crippen LogP contribution in [0.1, 0.15) is 22.3 Å². The topological polar surface area (TPSA) is 18.5 Å². The van der Waals surface area contributed by atoms with Crippen LogP contribution in [0.15, 0.2) is 72.8 Å². The van der Waals surface area contributed by atoms with Crippen molar-refractivity contribution in [2.75, 3.05) is 14.2 Å². The summed E-state index contributed by atoms with van der Waals surface area (Å²) in [5.74, 6) is 14.3. The first-order valence-corrected chi connectivity index (χ1v) is 8.20. The molecule has 0 aliphatic carbocycles.